The summed E-state index contributed by atoms with van der Waals surface area (Å²) in [6, 6.07) is 12.0. The molecule has 0 aliphatic heterocycles. The van der Waals surface area contributed by atoms with Crippen molar-refractivity contribution < 1.29 is 13.2 Å². The van der Waals surface area contributed by atoms with E-state index in [4.69, 9.17) is 0 Å². The molecule has 9 heteroatoms. The maximum absolute atomic E-state index is 12.9. The number of aryl methyl sites for hydroxylation is 1. The van der Waals surface area contributed by atoms with E-state index in [1.54, 1.807) is 24.0 Å². The molecule has 4 rings (SSSR count). The lowest BCUT2D eigenvalue weighted by molar-refractivity contribution is 0.0939. The lowest BCUT2D eigenvalue weighted by atomic mass is 10.1. The molecule has 8 nitrogen and oxygen atoms in total. The fourth-order valence-corrected chi connectivity index (χ4v) is 4.45. The van der Waals surface area contributed by atoms with Crippen molar-refractivity contribution in [3.8, 4) is 5.69 Å². The molecule has 1 saturated carbocycles. The van der Waals surface area contributed by atoms with Crippen LogP contribution in [0.2, 0.25) is 0 Å². The first-order chi connectivity index (χ1) is 14.3. The van der Waals surface area contributed by atoms with Gasteiger partial charge in [-0.1, -0.05) is 18.2 Å². The summed E-state index contributed by atoms with van der Waals surface area (Å²) in [5.41, 5.74) is 2.85. The third-order valence-electron chi connectivity index (χ3n) is 5.09. The van der Waals surface area contributed by atoms with Gasteiger partial charge in [0.2, 0.25) is 10.0 Å². The third-order valence-corrected chi connectivity index (χ3v) is 6.61. The van der Waals surface area contributed by atoms with E-state index in [1.807, 2.05) is 31.2 Å². The van der Waals surface area contributed by atoms with Crippen LogP contribution < -0.4 is 10.0 Å². The van der Waals surface area contributed by atoms with Crippen molar-refractivity contribution in [1.82, 2.24) is 24.8 Å². The molecule has 2 aromatic carbocycles. The van der Waals surface area contributed by atoms with Gasteiger partial charge in [-0.25, -0.2) is 22.8 Å². The van der Waals surface area contributed by atoms with Crippen LogP contribution in [0.15, 0.2) is 60.0 Å². The Bertz CT molecular complexity index is 1150. The molecular weight excluding hydrogens is 402 g/mol. The van der Waals surface area contributed by atoms with Crippen molar-refractivity contribution in [2.75, 3.05) is 0 Å². The molecule has 1 aliphatic rings. The topological polar surface area (TPSA) is 106 Å². The Balaban J connectivity index is 1.49. The summed E-state index contributed by atoms with van der Waals surface area (Å²) in [5.74, 6) is -0.316. The number of hydrogen-bond acceptors (Lipinski definition) is 5. The molecule has 0 spiro atoms. The monoisotopic (exact) mass is 425 g/mol. The van der Waals surface area contributed by atoms with Crippen LogP contribution in [-0.2, 0) is 10.0 Å². The van der Waals surface area contributed by atoms with Gasteiger partial charge in [0.05, 0.1) is 16.6 Å². The fraction of sp³-hybridized carbons (Fsp3) is 0.286. The van der Waals surface area contributed by atoms with Crippen molar-refractivity contribution in [3.63, 3.8) is 0 Å². The van der Waals surface area contributed by atoms with Crippen molar-refractivity contribution in [2.45, 2.75) is 43.7 Å². The molecule has 1 atom stereocenters. The minimum absolute atomic E-state index is 0.00842. The predicted octanol–water partition coefficient (Wildman–Crippen LogP) is 2.51. The average Bonchev–Trinajstić information content (AvgIpc) is 3.35. The third kappa shape index (κ3) is 4.42. The summed E-state index contributed by atoms with van der Waals surface area (Å²) in [5, 5.41) is 7.04. The van der Waals surface area contributed by atoms with Gasteiger partial charge in [0.1, 0.15) is 12.7 Å². The zero-order chi connectivity index (χ0) is 21.3. The molecule has 1 aliphatic carbocycles. The van der Waals surface area contributed by atoms with E-state index in [0.29, 0.717) is 11.1 Å². The Kier molecular flexibility index (Phi) is 5.40. The van der Waals surface area contributed by atoms with Crippen LogP contribution >= 0.6 is 0 Å². The summed E-state index contributed by atoms with van der Waals surface area (Å²) in [4.78, 5) is 16.9. The number of carbonyl (C=O) groups excluding carboxylic acids is 1. The number of carbonyl (C=O) groups is 1. The molecule has 0 radical (unpaired) electrons. The van der Waals surface area contributed by atoms with Gasteiger partial charge in [-0.15, -0.1) is 0 Å². The molecule has 1 heterocycles. The van der Waals surface area contributed by atoms with E-state index in [2.05, 4.69) is 20.1 Å². The van der Waals surface area contributed by atoms with Crippen LogP contribution in [0.3, 0.4) is 0 Å². The lowest BCUT2D eigenvalue weighted by Crippen LogP contribution is -2.29. The minimum Gasteiger partial charge on any atom is -0.346 e. The van der Waals surface area contributed by atoms with E-state index in [9.17, 15) is 13.2 Å². The van der Waals surface area contributed by atoms with Gasteiger partial charge in [0, 0.05) is 11.6 Å². The number of nitrogens with one attached hydrogen (secondary N) is 2. The average molecular weight is 426 g/mol. The van der Waals surface area contributed by atoms with Gasteiger partial charge in [-0.3, -0.25) is 4.79 Å². The van der Waals surface area contributed by atoms with E-state index < -0.39 is 10.0 Å². The SMILES string of the molecule is Cc1ccc(S(=O)(=O)NC2CC2)cc1C(=O)N[C@@H](C)c1ccc(-n2cncn2)cc1. The van der Waals surface area contributed by atoms with E-state index >= 15 is 0 Å². The minimum atomic E-state index is -3.62. The molecule has 1 amide bonds. The second kappa shape index (κ2) is 8.00. The first kappa shape index (κ1) is 20.2. The Morgan fingerprint density at radius 1 is 1.17 bits per heavy atom. The van der Waals surface area contributed by atoms with Crippen molar-refractivity contribution in [1.29, 1.82) is 0 Å². The van der Waals surface area contributed by atoms with Crippen LogP contribution in [0.4, 0.5) is 0 Å². The second-order valence-corrected chi connectivity index (χ2v) is 9.21. The van der Waals surface area contributed by atoms with Crippen LogP contribution in [0, 0.1) is 6.92 Å². The summed E-state index contributed by atoms with van der Waals surface area (Å²) in [7, 11) is -3.62. The smallest absolute Gasteiger partial charge is 0.252 e. The van der Waals surface area contributed by atoms with E-state index in [-0.39, 0.29) is 22.9 Å². The molecule has 0 saturated heterocycles. The Morgan fingerprint density at radius 2 is 1.90 bits per heavy atom. The highest BCUT2D eigenvalue weighted by Gasteiger charge is 2.28. The molecule has 156 valence electrons. The Hall–Kier alpha value is -3.04. The van der Waals surface area contributed by atoms with Gasteiger partial charge in [-0.05, 0) is 62.1 Å². The van der Waals surface area contributed by atoms with Crippen molar-refractivity contribution >= 4 is 15.9 Å². The summed E-state index contributed by atoms with van der Waals surface area (Å²) in [6.45, 7) is 3.67. The second-order valence-electron chi connectivity index (χ2n) is 7.50. The summed E-state index contributed by atoms with van der Waals surface area (Å²) in [6.07, 6.45) is 4.78. The number of hydrogen-bond donors (Lipinski definition) is 2. The maximum Gasteiger partial charge on any atom is 0.252 e. The standard InChI is InChI=1S/C21H23N5O3S/c1-14-3-10-19(30(28,29)25-17-6-7-17)11-20(14)21(27)24-15(2)16-4-8-18(9-5-16)26-13-22-12-23-26/h3-5,8-13,15,17,25H,6-7H2,1-2H3,(H,24,27)/t15-/m0/s1. The number of nitrogens with zero attached hydrogens (tertiary/aromatic N) is 3. The predicted molar refractivity (Wildman–Crippen MR) is 112 cm³/mol. The van der Waals surface area contributed by atoms with Crippen LogP contribution in [0.25, 0.3) is 5.69 Å². The van der Waals surface area contributed by atoms with Gasteiger partial charge < -0.3 is 5.32 Å². The number of benzene rings is 2. The summed E-state index contributed by atoms with van der Waals surface area (Å²) < 4.78 is 29.3. The highest BCUT2D eigenvalue weighted by atomic mass is 32.2. The molecular formula is C21H23N5O3S. The van der Waals surface area contributed by atoms with E-state index in [1.165, 1.54) is 18.5 Å². The van der Waals surface area contributed by atoms with E-state index in [0.717, 1.165) is 24.1 Å². The van der Waals surface area contributed by atoms with Crippen LogP contribution in [0.1, 0.15) is 47.3 Å². The zero-order valence-electron chi connectivity index (χ0n) is 16.7. The van der Waals surface area contributed by atoms with Gasteiger partial charge >= 0.3 is 0 Å². The van der Waals surface area contributed by atoms with Crippen molar-refractivity contribution in [2.24, 2.45) is 0 Å². The zero-order valence-corrected chi connectivity index (χ0v) is 17.6. The van der Waals surface area contributed by atoms with Gasteiger partial charge in [-0.2, -0.15) is 5.10 Å². The first-order valence-corrected chi connectivity index (χ1v) is 11.2. The summed E-state index contributed by atoms with van der Waals surface area (Å²) >= 11 is 0. The van der Waals surface area contributed by atoms with Gasteiger partial charge in [0.25, 0.3) is 5.91 Å². The molecule has 3 aromatic rings. The van der Waals surface area contributed by atoms with Gasteiger partial charge in [0.15, 0.2) is 0 Å². The van der Waals surface area contributed by atoms with Crippen LogP contribution in [-0.4, -0.2) is 35.1 Å². The highest BCUT2D eigenvalue weighted by Crippen LogP contribution is 2.24. The van der Waals surface area contributed by atoms with Crippen LogP contribution in [0.5, 0.6) is 0 Å². The molecule has 1 fully saturated rings. The molecule has 0 unspecified atom stereocenters. The number of sulfonamides is 1. The number of rotatable bonds is 7. The molecule has 0 bridgehead atoms. The lowest BCUT2D eigenvalue weighted by Gasteiger charge is -2.16. The first-order valence-electron chi connectivity index (χ1n) is 9.72. The fourth-order valence-electron chi connectivity index (χ4n) is 3.12. The molecule has 1 aromatic heterocycles. The normalized spacial score (nSPS) is 15.0. The quantitative estimate of drug-likeness (QED) is 0.605. The Morgan fingerprint density at radius 3 is 2.53 bits per heavy atom. The molecule has 2 N–H and O–H groups in total. The number of aromatic nitrogens is 3. The maximum atomic E-state index is 12.9. The number of amides is 1. The Labute approximate surface area is 175 Å². The van der Waals surface area contributed by atoms with Crippen molar-refractivity contribution in [3.05, 3.63) is 71.8 Å². The highest BCUT2D eigenvalue weighted by molar-refractivity contribution is 7.89. The molecule has 30 heavy (non-hydrogen) atoms. The largest absolute Gasteiger partial charge is 0.346 e.